The van der Waals surface area contributed by atoms with Crippen LogP contribution >= 0.6 is 0 Å². The Hall–Kier alpha value is -2.94. The SMILES string of the molecule is CCCS(=O)(=O)N1CCCc2ccc(NC(=O)c3cc(OCC)c(OCC)c(OCC)c3)cc21. The van der Waals surface area contributed by atoms with Crippen LogP contribution in [-0.2, 0) is 16.4 Å². The van der Waals surface area contributed by atoms with Crippen molar-refractivity contribution in [2.75, 3.05) is 41.7 Å². The van der Waals surface area contributed by atoms with Crippen LogP contribution in [0.2, 0.25) is 0 Å². The second kappa shape index (κ2) is 11.5. The van der Waals surface area contributed by atoms with Gasteiger partial charge in [0.05, 0.1) is 31.3 Å². The number of hydrogen-bond donors (Lipinski definition) is 1. The quantitative estimate of drug-likeness (QED) is 0.494. The highest BCUT2D eigenvalue weighted by atomic mass is 32.2. The summed E-state index contributed by atoms with van der Waals surface area (Å²) in [6.45, 7) is 9.12. The maximum atomic E-state index is 13.2. The zero-order valence-electron chi connectivity index (χ0n) is 20.3. The summed E-state index contributed by atoms with van der Waals surface area (Å²) in [6.07, 6.45) is 2.12. The van der Waals surface area contributed by atoms with Gasteiger partial charge < -0.3 is 19.5 Å². The molecule has 1 heterocycles. The molecule has 2 aromatic carbocycles. The van der Waals surface area contributed by atoms with Crippen molar-refractivity contribution in [1.29, 1.82) is 0 Å². The van der Waals surface area contributed by atoms with Crippen molar-refractivity contribution in [2.24, 2.45) is 0 Å². The first-order valence-corrected chi connectivity index (χ1v) is 13.5. The standard InChI is InChI=1S/C25H34N2O6S/c1-5-14-34(29,30)27-13-9-10-18-11-12-20(17-21(18)27)26-25(28)19-15-22(31-6-2)24(33-8-4)23(16-19)32-7-3/h11-12,15-17H,5-10,13-14H2,1-4H3,(H,26,28). The summed E-state index contributed by atoms with van der Waals surface area (Å²) >= 11 is 0. The Labute approximate surface area is 202 Å². The molecule has 186 valence electrons. The molecule has 34 heavy (non-hydrogen) atoms. The number of aryl methyl sites for hydroxylation is 1. The maximum Gasteiger partial charge on any atom is 0.255 e. The van der Waals surface area contributed by atoms with Crippen LogP contribution in [0.25, 0.3) is 0 Å². The van der Waals surface area contributed by atoms with Crippen LogP contribution in [0, 0.1) is 0 Å². The van der Waals surface area contributed by atoms with Crippen molar-refractivity contribution in [3.05, 3.63) is 41.5 Å². The first-order valence-electron chi connectivity index (χ1n) is 11.9. The van der Waals surface area contributed by atoms with E-state index in [1.807, 2.05) is 33.8 Å². The van der Waals surface area contributed by atoms with Gasteiger partial charge in [-0.3, -0.25) is 9.10 Å². The first-order chi connectivity index (χ1) is 16.3. The van der Waals surface area contributed by atoms with Gasteiger partial charge in [-0.2, -0.15) is 0 Å². The number of hydrogen-bond acceptors (Lipinski definition) is 6. The monoisotopic (exact) mass is 490 g/mol. The number of ether oxygens (including phenoxy) is 3. The van der Waals surface area contributed by atoms with Crippen molar-refractivity contribution >= 4 is 27.3 Å². The van der Waals surface area contributed by atoms with E-state index >= 15 is 0 Å². The molecule has 0 unspecified atom stereocenters. The zero-order valence-corrected chi connectivity index (χ0v) is 21.2. The molecule has 1 N–H and O–H groups in total. The summed E-state index contributed by atoms with van der Waals surface area (Å²) in [6, 6.07) is 8.68. The third-order valence-electron chi connectivity index (χ3n) is 5.39. The number of carbonyl (C=O) groups is 1. The molecule has 1 aliphatic heterocycles. The van der Waals surface area contributed by atoms with Gasteiger partial charge in [0.15, 0.2) is 11.5 Å². The van der Waals surface area contributed by atoms with Crippen LogP contribution in [0.4, 0.5) is 11.4 Å². The summed E-state index contributed by atoms with van der Waals surface area (Å²) in [4.78, 5) is 13.2. The van der Waals surface area contributed by atoms with Gasteiger partial charge in [-0.25, -0.2) is 8.42 Å². The van der Waals surface area contributed by atoms with E-state index in [1.54, 1.807) is 24.3 Å². The van der Waals surface area contributed by atoms with Gasteiger partial charge in [0.25, 0.3) is 5.91 Å². The highest BCUT2D eigenvalue weighted by molar-refractivity contribution is 7.92. The number of rotatable bonds is 11. The summed E-state index contributed by atoms with van der Waals surface area (Å²) in [5.74, 6) is 1.07. The fourth-order valence-corrected chi connectivity index (χ4v) is 5.61. The molecule has 0 aliphatic carbocycles. The summed E-state index contributed by atoms with van der Waals surface area (Å²) in [5.41, 5.74) is 2.46. The maximum absolute atomic E-state index is 13.2. The number of sulfonamides is 1. The van der Waals surface area contributed by atoms with Crippen LogP contribution < -0.4 is 23.8 Å². The number of nitrogens with one attached hydrogen (secondary N) is 1. The summed E-state index contributed by atoms with van der Waals surface area (Å²) < 4.78 is 44.2. The minimum absolute atomic E-state index is 0.0929. The predicted octanol–water partition coefficient (Wildman–Crippen LogP) is 4.63. The van der Waals surface area contributed by atoms with Gasteiger partial charge in [0.1, 0.15) is 0 Å². The van der Waals surface area contributed by atoms with Crippen molar-refractivity contribution in [2.45, 2.75) is 47.0 Å². The Kier molecular flexibility index (Phi) is 8.66. The summed E-state index contributed by atoms with van der Waals surface area (Å²) in [7, 11) is -3.40. The molecule has 3 rings (SSSR count). The smallest absolute Gasteiger partial charge is 0.255 e. The van der Waals surface area contributed by atoms with E-state index in [4.69, 9.17) is 14.2 Å². The van der Waals surface area contributed by atoms with E-state index in [0.717, 1.165) is 18.4 Å². The molecule has 0 atom stereocenters. The molecular weight excluding hydrogens is 456 g/mol. The lowest BCUT2D eigenvalue weighted by molar-refractivity contribution is 0.102. The zero-order chi connectivity index (χ0) is 24.7. The number of carbonyl (C=O) groups excluding carboxylic acids is 1. The highest BCUT2D eigenvalue weighted by Gasteiger charge is 2.27. The molecule has 0 saturated carbocycles. The molecule has 0 spiro atoms. The largest absolute Gasteiger partial charge is 0.490 e. The van der Waals surface area contributed by atoms with E-state index in [1.165, 1.54) is 4.31 Å². The van der Waals surface area contributed by atoms with E-state index < -0.39 is 10.0 Å². The number of fused-ring (bicyclic) bond motifs is 1. The van der Waals surface area contributed by atoms with Crippen LogP contribution in [-0.4, -0.2) is 46.4 Å². The van der Waals surface area contributed by atoms with Crippen molar-refractivity contribution in [3.8, 4) is 17.2 Å². The average molecular weight is 491 g/mol. The average Bonchev–Trinajstić information content (AvgIpc) is 2.80. The van der Waals surface area contributed by atoms with Crippen LogP contribution in [0.5, 0.6) is 17.2 Å². The van der Waals surface area contributed by atoms with E-state index in [-0.39, 0.29) is 11.7 Å². The second-order valence-corrected chi connectivity index (χ2v) is 9.90. The minimum atomic E-state index is -3.40. The molecule has 1 aliphatic rings. The number of nitrogens with zero attached hydrogens (tertiary/aromatic N) is 1. The normalized spacial score (nSPS) is 13.2. The van der Waals surface area contributed by atoms with Crippen LogP contribution in [0.3, 0.4) is 0 Å². The van der Waals surface area contributed by atoms with E-state index in [0.29, 0.717) is 67.0 Å². The van der Waals surface area contributed by atoms with Crippen LogP contribution in [0.15, 0.2) is 30.3 Å². The van der Waals surface area contributed by atoms with Gasteiger partial charge >= 0.3 is 0 Å². The number of anilines is 2. The fourth-order valence-electron chi connectivity index (χ4n) is 4.00. The third-order valence-corrected chi connectivity index (χ3v) is 7.36. The van der Waals surface area contributed by atoms with Crippen molar-refractivity contribution in [3.63, 3.8) is 0 Å². The lowest BCUT2D eigenvalue weighted by atomic mass is 10.0. The molecule has 2 aromatic rings. The van der Waals surface area contributed by atoms with Gasteiger partial charge in [0.2, 0.25) is 15.8 Å². The Bertz CT molecular complexity index is 1090. The molecular formula is C25H34N2O6S. The first kappa shape index (κ1) is 25.7. The molecule has 1 amide bonds. The van der Waals surface area contributed by atoms with Gasteiger partial charge in [0, 0.05) is 17.8 Å². The molecule has 0 bridgehead atoms. The Balaban J connectivity index is 1.93. The summed E-state index contributed by atoms with van der Waals surface area (Å²) in [5, 5.41) is 2.89. The Morgan fingerprint density at radius 2 is 1.62 bits per heavy atom. The highest BCUT2D eigenvalue weighted by Crippen LogP contribution is 2.39. The van der Waals surface area contributed by atoms with Crippen LogP contribution in [0.1, 0.15) is 56.5 Å². The minimum Gasteiger partial charge on any atom is -0.490 e. The lowest BCUT2D eigenvalue weighted by Gasteiger charge is -2.31. The number of amides is 1. The molecule has 0 saturated heterocycles. The topological polar surface area (TPSA) is 94.2 Å². The van der Waals surface area contributed by atoms with Gasteiger partial charge in [-0.1, -0.05) is 13.0 Å². The Morgan fingerprint density at radius 1 is 0.971 bits per heavy atom. The van der Waals surface area contributed by atoms with E-state index in [9.17, 15) is 13.2 Å². The van der Waals surface area contributed by atoms with Gasteiger partial charge in [-0.15, -0.1) is 0 Å². The fraction of sp³-hybridized carbons (Fsp3) is 0.480. The molecule has 8 nitrogen and oxygen atoms in total. The molecule has 9 heteroatoms. The van der Waals surface area contributed by atoms with Gasteiger partial charge in [-0.05, 0) is 69.9 Å². The van der Waals surface area contributed by atoms with Crippen molar-refractivity contribution < 1.29 is 27.4 Å². The van der Waals surface area contributed by atoms with E-state index in [2.05, 4.69) is 5.32 Å². The predicted molar refractivity (Wildman–Crippen MR) is 134 cm³/mol. The van der Waals surface area contributed by atoms with Crippen molar-refractivity contribution in [1.82, 2.24) is 0 Å². The molecule has 0 fully saturated rings. The second-order valence-electron chi connectivity index (χ2n) is 7.89. The molecule has 0 radical (unpaired) electrons. The molecule has 0 aromatic heterocycles. The number of benzene rings is 2. The third kappa shape index (κ3) is 5.75. The lowest BCUT2D eigenvalue weighted by Crippen LogP contribution is -2.37. The Morgan fingerprint density at radius 3 is 2.21 bits per heavy atom.